The number of carboxylic acids is 2. The topological polar surface area (TPSA) is 101 Å². The molecule has 0 aliphatic rings. The Kier molecular flexibility index (Phi) is 7.87. The van der Waals surface area contributed by atoms with Crippen LogP contribution in [-0.2, 0) is 19.1 Å². The van der Waals surface area contributed by atoms with Gasteiger partial charge in [0, 0.05) is 0 Å². The predicted molar refractivity (Wildman–Crippen MR) is 72.1 cm³/mol. The lowest BCUT2D eigenvalue weighted by Gasteiger charge is -2.25. The van der Waals surface area contributed by atoms with Crippen LogP contribution in [0.1, 0.15) is 40.5 Å². The summed E-state index contributed by atoms with van der Waals surface area (Å²) in [4.78, 5) is 34.3. The highest BCUT2D eigenvalue weighted by Gasteiger charge is 2.37. The van der Waals surface area contributed by atoms with Crippen LogP contribution < -0.4 is 0 Å². The number of carbonyl (C=O) groups excluding carboxylic acids is 1. The number of aliphatic carboxylic acids is 2. The molecule has 0 saturated carbocycles. The minimum Gasteiger partial charge on any atom is -0.481 e. The van der Waals surface area contributed by atoms with Crippen molar-refractivity contribution < 1.29 is 29.3 Å². The summed E-state index contributed by atoms with van der Waals surface area (Å²) < 4.78 is 4.94. The van der Waals surface area contributed by atoms with Crippen LogP contribution in [0.15, 0.2) is 0 Å². The Hall–Kier alpha value is -1.59. The first kappa shape index (κ1) is 18.4. The lowest BCUT2D eigenvalue weighted by molar-refractivity contribution is -0.158. The lowest BCUT2D eigenvalue weighted by Crippen LogP contribution is -2.35. The third kappa shape index (κ3) is 5.19. The van der Waals surface area contributed by atoms with E-state index in [1.165, 1.54) is 0 Å². The van der Waals surface area contributed by atoms with Crippen LogP contribution in [0.3, 0.4) is 0 Å². The summed E-state index contributed by atoms with van der Waals surface area (Å²) in [6, 6.07) is 0. The van der Waals surface area contributed by atoms with Gasteiger partial charge >= 0.3 is 17.9 Å². The standard InChI is InChI=1S/C14H24O6/c1-5-9(12(15)16)11(13(17)18)7-10(8(3)4)14(19)20-6-2/h8-11H,5-7H2,1-4H3,(H,15,16)(H,17,18). The molecule has 3 atom stereocenters. The van der Waals surface area contributed by atoms with Gasteiger partial charge in [-0.25, -0.2) is 0 Å². The predicted octanol–water partition coefficient (Wildman–Crippen LogP) is 2.02. The average Bonchev–Trinajstić information content (AvgIpc) is 2.32. The Labute approximate surface area is 119 Å². The SMILES string of the molecule is CCOC(=O)C(CC(C(=O)O)C(CC)C(=O)O)C(C)C. The molecule has 20 heavy (non-hydrogen) atoms. The summed E-state index contributed by atoms with van der Waals surface area (Å²) in [6.07, 6.45) is 0.191. The lowest BCUT2D eigenvalue weighted by atomic mass is 9.79. The molecule has 6 heteroatoms. The Morgan fingerprint density at radius 3 is 1.75 bits per heavy atom. The quantitative estimate of drug-likeness (QED) is 0.629. The summed E-state index contributed by atoms with van der Waals surface area (Å²) in [6.45, 7) is 7.11. The van der Waals surface area contributed by atoms with E-state index in [2.05, 4.69) is 0 Å². The van der Waals surface area contributed by atoms with E-state index in [1.54, 1.807) is 27.7 Å². The molecule has 2 N–H and O–H groups in total. The van der Waals surface area contributed by atoms with Crippen LogP contribution in [0.2, 0.25) is 0 Å². The van der Waals surface area contributed by atoms with E-state index in [9.17, 15) is 19.5 Å². The molecule has 0 aliphatic heterocycles. The van der Waals surface area contributed by atoms with Gasteiger partial charge in [-0.3, -0.25) is 14.4 Å². The Bertz CT molecular complexity index is 350. The number of rotatable bonds is 9. The number of carboxylic acid groups (broad SMARTS) is 2. The third-order valence-corrected chi connectivity index (χ3v) is 3.46. The van der Waals surface area contributed by atoms with Crippen molar-refractivity contribution in [1.29, 1.82) is 0 Å². The Morgan fingerprint density at radius 2 is 1.45 bits per heavy atom. The van der Waals surface area contributed by atoms with Crippen LogP contribution in [-0.4, -0.2) is 34.7 Å². The van der Waals surface area contributed by atoms with E-state index in [1.807, 2.05) is 0 Å². The molecular weight excluding hydrogens is 264 g/mol. The molecule has 0 aromatic rings. The fraction of sp³-hybridized carbons (Fsp3) is 0.786. The van der Waals surface area contributed by atoms with Gasteiger partial charge in [-0.05, 0) is 25.7 Å². The summed E-state index contributed by atoms with van der Waals surface area (Å²) in [5.41, 5.74) is 0. The molecule has 0 spiro atoms. The van der Waals surface area contributed by atoms with Crippen molar-refractivity contribution in [2.45, 2.75) is 40.5 Å². The van der Waals surface area contributed by atoms with Gasteiger partial charge in [-0.2, -0.15) is 0 Å². The monoisotopic (exact) mass is 288 g/mol. The fourth-order valence-corrected chi connectivity index (χ4v) is 2.23. The molecule has 0 saturated heterocycles. The molecule has 6 nitrogen and oxygen atoms in total. The molecule has 0 heterocycles. The number of carbonyl (C=O) groups is 3. The molecule has 0 aromatic carbocycles. The van der Waals surface area contributed by atoms with Crippen molar-refractivity contribution in [2.75, 3.05) is 6.61 Å². The molecule has 3 unspecified atom stereocenters. The molecule has 0 fully saturated rings. The fourth-order valence-electron chi connectivity index (χ4n) is 2.23. The summed E-state index contributed by atoms with van der Waals surface area (Å²) in [7, 11) is 0. The molecule has 0 rings (SSSR count). The van der Waals surface area contributed by atoms with E-state index in [0.717, 1.165) is 0 Å². The van der Waals surface area contributed by atoms with Crippen LogP contribution in [0.5, 0.6) is 0 Å². The number of hydrogen-bond acceptors (Lipinski definition) is 4. The van der Waals surface area contributed by atoms with E-state index in [-0.39, 0.29) is 25.4 Å². The second-order valence-corrected chi connectivity index (χ2v) is 5.14. The minimum absolute atomic E-state index is 0.0172. The number of hydrogen-bond donors (Lipinski definition) is 2. The molecule has 0 radical (unpaired) electrons. The summed E-state index contributed by atoms with van der Waals surface area (Å²) >= 11 is 0. The second kappa shape index (κ2) is 8.55. The zero-order valence-corrected chi connectivity index (χ0v) is 12.5. The maximum atomic E-state index is 11.9. The van der Waals surface area contributed by atoms with E-state index < -0.39 is 35.7 Å². The van der Waals surface area contributed by atoms with Gasteiger partial charge in [0.1, 0.15) is 0 Å². The smallest absolute Gasteiger partial charge is 0.309 e. The number of esters is 1. The maximum Gasteiger partial charge on any atom is 0.309 e. The van der Waals surface area contributed by atoms with Gasteiger partial charge in [0.15, 0.2) is 0 Å². The van der Waals surface area contributed by atoms with E-state index in [0.29, 0.717) is 0 Å². The minimum atomic E-state index is -1.19. The Balaban J connectivity index is 5.15. The van der Waals surface area contributed by atoms with Crippen LogP contribution in [0.4, 0.5) is 0 Å². The maximum absolute atomic E-state index is 11.9. The van der Waals surface area contributed by atoms with Crippen molar-refractivity contribution in [1.82, 2.24) is 0 Å². The van der Waals surface area contributed by atoms with Gasteiger partial charge in [0.2, 0.25) is 0 Å². The molecule has 0 aliphatic carbocycles. The average molecular weight is 288 g/mol. The summed E-state index contributed by atoms with van der Waals surface area (Å²) in [5.74, 6) is -5.60. The van der Waals surface area contributed by atoms with Crippen molar-refractivity contribution in [3.05, 3.63) is 0 Å². The molecular formula is C14H24O6. The van der Waals surface area contributed by atoms with Crippen molar-refractivity contribution in [3.63, 3.8) is 0 Å². The second-order valence-electron chi connectivity index (χ2n) is 5.14. The highest BCUT2D eigenvalue weighted by molar-refractivity contribution is 5.81. The normalized spacial score (nSPS) is 15.4. The van der Waals surface area contributed by atoms with Crippen LogP contribution in [0, 0.1) is 23.7 Å². The first-order valence-electron chi connectivity index (χ1n) is 6.88. The zero-order chi connectivity index (χ0) is 15.9. The van der Waals surface area contributed by atoms with Gasteiger partial charge in [-0.1, -0.05) is 20.8 Å². The molecule has 116 valence electrons. The zero-order valence-electron chi connectivity index (χ0n) is 12.5. The van der Waals surface area contributed by atoms with Crippen molar-refractivity contribution in [3.8, 4) is 0 Å². The van der Waals surface area contributed by atoms with Gasteiger partial charge < -0.3 is 14.9 Å². The van der Waals surface area contributed by atoms with E-state index in [4.69, 9.17) is 9.84 Å². The van der Waals surface area contributed by atoms with Gasteiger partial charge in [0.05, 0.1) is 24.4 Å². The van der Waals surface area contributed by atoms with Gasteiger partial charge in [-0.15, -0.1) is 0 Å². The third-order valence-electron chi connectivity index (χ3n) is 3.46. The van der Waals surface area contributed by atoms with Crippen LogP contribution in [0.25, 0.3) is 0 Å². The summed E-state index contributed by atoms with van der Waals surface area (Å²) in [5, 5.41) is 18.4. The highest BCUT2D eigenvalue weighted by atomic mass is 16.5. The highest BCUT2D eigenvalue weighted by Crippen LogP contribution is 2.29. The van der Waals surface area contributed by atoms with Crippen molar-refractivity contribution in [2.24, 2.45) is 23.7 Å². The first-order chi connectivity index (χ1) is 9.26. The van der Waals surface area contributed by atoms with Crippen molar-refractivity contribution >= 4 is 17.9 Å². The number of ether oxygens (including phenoxy) is 1. The molecule has 0 bridgehead atoms. The first-order valence-corrected chi connectivity index (χ1v) is 6.88. The van der Waals surface area contributed by atoms with E-state index >= 15 is 0 Å². The Morgan fingerprint density at radius 1 is 0.950 bits per heavy atom. The largest absolute Gasteiger partial charge is 0.481 e. The molecule has 0 aromatic heterocycles. The van der Waals surface area contributed by atoms with Gasteiger partial charge in [0.25, 0.3) is 0 Å². The molecule has 0 amide bonds. The van der Waals surface area contributed by atoms with Crippen LogP contribution >= 0.6 is 0 Å².